The molecule has 0 nitrogen and oxygen atoms in total. The number of benzene rings is 10. The molecule has 0 spiro atoms. The van der Waals surface area contributed by atoms with Crippen molar-refractivity contribution < 1.29 is 0 Å². The van der Waals surface area contributed by atoms with Gasteiger partial charge < -0.3 is 0 Å². The second kappa shape index (κ2) is 23.8. The predicted molar refractivity (Wildman–Crippen MR) is 339 cm³/mol. The summed E-state index contributed by atoms with van der Waals surface area (Å²) in [6, 6.07) is 85.3. The lowest BCUT2D eigenvalue weighted by Gasteiger charge is -2.13. The Morgan fingerprint density at radius 3 is 0.449 bits per heavy atom. The van der Waals surface area contributed by atoms with Gasteiger partial charge in [-0.3, -0.25) is 0 Å². The normalized spacial score (nSPS) is 11.0. The molecule has 0 aliphatic carbocycles. The molecule has 0 N–H and O–H groups in total. The van der Waals surface area contributed by atoms with E-state index in [9.17, 15) is 0 Å². The number of aryl methyl sites for hydroxylation is 8. The smallest absolute Gasteiger partial charge is 0.0105 e. The Hall–Kier alpha value is -9.10. The topological polar surface area (TPSA) is 0 Å². The molecule has 0 saturated carbocycles. The van der Waals surface area contributed by atoms with Gasteiger partial charge >= 0.3 is 0 Å². The van der Waals surface area contributed by atoms with Gasteiger partial charge in [-0.1, -0.05) is 251 Å². The third-order valence-electron chi connectivity index (χ3n) is 14.6. The minimum Gasteiger partial charge on any atom is -0.0587 e. The van der Waals surface area contributed by atoms with Crippen LogP contribution in [0, 0.1) is 55.4 Å². The standard InChI is InChI=1S/C78H68/c1-53-9-27-67(28-10-53)75(68-29-11-54(2)12-30-68)49-63-43-61(44-64(47-63)50-76(69-31-13-55(3)14-32-69)70-33-15-56(4)16-34-70)25-26-62-45-65(51-77(71-35-17-57(5)18-36-71)72-37-19-58(6)20-38-72)48-66(46-62)52-78(73-39-21-59(7)22-40-73)74-41-23-60(8)24-42-74/h9-52H,1-8H3/b26-25-. The second-order valence-electron chi connectivity index (χ2n) is 21.4. The first-order valence-electron chi connectivity index (χ1n) is 27.3. The van der Waals surface area contributed by atoms with Crippen LogP contribution in [0.25, 0.3) is 58.7 Å². The monoisotopic (exact) mass is 1000 g/mol. The first-order chi connectivity index (χ1) is 37.8. The van der Waals surface area contributed by atoms with Gasteiger partial charge in [0.15, 0.2) is 0 Å². The Morgan fingerprint density at radius 2 is 0.308 bits per heavy atom. The van der Waals surface area contributed by atoms with Crippen molar-refractivity contribution in [2.45, 2.75) is 55.4 Å². The highest BCUT2D eigenvalue weighted by atomic mass is 14.2. The fraction of sp³-hybridized carbons (Fsp3) is 0.103. The largest absolute Gasteiger partial charge is 0.0587 e. The molecule has 0 unspecified atom stereocenters. The summed E-state index contributed by atoms with van der Waals surface area (Å²) in [5.74, 6) is 0. The molecule has 0 aliphatic heterocycles. The third kappa shape index (κ3) is 13.3. The van der Waals surface area contributed by atoms with Crippen LogP contribution in [0.4, 0.5) is 0 Å². The molecule has 0 amide bonds. The zero-order chi connectivity index (χ0) is 54.1. The summed E-state index contributed by atoms with van der Waals surface area (Å²) in [7, 11) is 0. The predicted octanol–water partition coefficient (Wildman–Crippen LogP) is 20.7. The van der Waals surface area contributed by atoms with Crippen LogP contribution in [0.15, 0.2) is 231 Å². The molecular formula is C78H68. The van der Waals surface area contributed by atoms with Crippen molar-refractivity contribution in [1.82, 2.24) is 0 Å². The minimum atomic E-state index is 1.10. The summed E-state index contributed by atoms with van der Waals surface area (Å²) in [6.07, 6.45) is 14.1. The maximum absolute atomic E-state index is 2.37. The van der Waals surface area contributed by atoms with Crippen LogP contribution >= 0.6 is 0 Å². The van der Waals surface area contributed by atoms with E-state index in [1.165, 1.54) is 111 Å². The van der Waals surface area contributed by atoms with Gasteiger partial charge in [0.25, 0.3) is 0 Å². The van der Waals surface area contributed by atoms with Gasteiger partial charge in [-0.15, -0.1) is 0 Å². The molecule has 10 aromatic carbocycles. The van der Waals surface area contributed by atoms with Crippen molar-refractivity contribution in [1.29, 1.82) is 0 Å². The fourth-order valence-electron chi connectivity index (χ4n) is 9.99. The van der Waals surface area contributed by atoms with Gasteiger partial charge in [0.1, 0.15) is 0 Å². The van der Waals surface area contributed by atoms with E-state index in [1.807, 2.05) is 0 Å². The molecule has 380 valence electrons. The molecule has 0 radical (unpaired) electrons. The molecule has 0 atom stereocenters. The van der Waals surface area contributed by atoms with Crippen LogP contribution in [0.5, 0.6) is 0 Å². The van der Waals surface area contributed by atoms with Crippen LogP contribution in [-0.4, -0.2) is 0 Å². The molecule has 0 fully saturated rings. The number of hydrogen-bond donors (Lipinski definition) is 0. The molecule has 0 bridgehead atoms. The lowest BCUT2D eigenvalue weighted by molar-refractivity contribution is 1.43. The van der Waals surface area contributed by atoms with Crippen LogP contribution in [0.3, 0.4) is 0 Å². The summed E-state index contributed by atoms with van der Waals surface area (Å²) in [4.78, 5) is 0. The minimum absolute atomic E-state index is 1.10. The summed E-state index contributed by atoms with van der Waals surface area (Å²) in [5.41, 5.74) is 30.7. The van der Waals surface area contributed by atoms with E-state index in [0.717, 1.165) is 33.4 Å². The van der Waals surface area contributed by atoms with Crippen molar-refractivity contribution in [3.8, 4) is 0 Å². The highest BCUT2D eigenvalue weighted by molar-refractivity contribution is 5.97. The average Bonchev–Trinajstić information content (AvgIpc) is 3.44. The summed E-state index contributed by atoms with van der Waals surface area (Å²) in [5, 5.41) is 0. The van der Waals surface area contributed by atoms with E-state index in [-0.39, 0.29) is 0 Å². The molecule has 10 aromatic rings. The maximum atomic E-state index is 2.37. The highest BCUT2D eigenvalue weighted by Crippen LogP contribution is 2.34. The maximum Gasteiger partial charge on any atom is -0.0105 e. The number of rotatable bonds is 14. The molecule has 78 heavy (non-hydrogen) atoms. The lowest BCUT2D eigenvalue weighted by Crippen LogP contribution is -1.92. The van der Waals surface area contributed by atoms with Gasteiger partial charge in [-0.05, 0) is 216 Å². The Labute approximate surface area is 464 Å². The Bertz CT molecular complexity index is 3150. The summed E-state index contributed by atoms with van der Waals surface area (Å²) < 4.78 is 0. The fourth-order valence-corrected chi connectivity index (χ4v) is 9.99. The third-order valence-corrected chi connectivity index (χ3v) is 14.6. The van der Waals surface area contributed by atoms with E-state index in [0.29, 0.717) is 0 Å². The highest BCUT2D eigenvalue weighted by Gasteiger charge is 2.13. The first kappa shape index (κ1) is 52.3. The van der Waals surface area contributed by atoms with E-state index in [1.54, 1.807) is 0 Å². The molecule has 0 heteroatoms. The van der Waals surface area contributed by atoms with Gasteiger partial charge in [0.05, 0.1) is 0 Å². The van der Waals surface area contributed by atoms with Crippen LogP contribution in [0.2, 0.25) is 0 Å². The molecular weight excluding hydrogens is 937 g/mol. The van der Waals surface area contributed by atoms with Crippen LogP contribution < -0.4 is 0 Å². The zero-order valence-electron chi connectivity index (χ0n) is 46.4. The molecule has 0 saturated heterocycles. The quantitative estimate of drug-likeness (QED) is 0.0953. The van der Waals surface area contributed by atoms with Crippen LogP contribution in [0.1, 0.15) is 122 Å². The zero-order valence-corrected chi connectivity index (χ0v) is 46.4. The molecule has 0 heterocycles. The Morgan fingerprint density at radius 1 is 0.179 bits per heavy atom. The summed E-state index contributed by atoms with van der Waals surface area (Å²) >= 11 is 0. The van der Waals surface area contributed by atoms with Gasteiger partial charge in [-0.25, -0.2) is 0 Å². The van der Waals surface area contributed by atoms with E-state index >= 15 is 0 Å². The lowest BCUT2D eigenvalue weighted by atomic mass is 9.91. The van der Waals surface area contributed by atoms with E-state index < -0.39 is 0 Å². The Kier molecular flexibility index (Phi) is 16.0. The van der Waals surface area contributed by atoms with E-state index in [2.05, 4.69) is 322 Å². The first-order valence-corrected chi connectivity index (χ1v) is 27.3. The van der Waals surface area contributed by atoms with Gasteiger partial charge in [0, 0.05) is 0 Å². The summed E-state index contributed by atoms with van der Waals surface area (Å²) in [6.45, 7) is 17.2. The van der Waals surface area contributed by atoms with Crippen molar-refractivity contribution in [3.63, 3.8) is 0 Å². The SMILES string of the molecule is Cc1ccc(C(=Cc2cc(C=C(c3ccc(C)cc3)c3ccc(C)cc3)cc(/C=C\c3cc(C=C(c4ccc(C)cc4)c4ccc(C)cc4)cc(C=C(c4ccc(C)cc4)c4ccc(C)cc4)c3)c2)c2ccc(C)cc2)cc1. The molecule has 0 aliphatic rings. The van der Waals surface area contributed by atoms with Crippen molar-refractivity contribution in [3.05, 3.63) is 353 Å². The van der Waals surface area contributed by atoms with Crippen molar-refractivity contribution in [2.24, 2.45) is 0 Å². The van der Waals surface area contributed by atoms with Gasteiger partial charge in [0.2, 0.25) is 0 Å². The van der Waals surface area contributed by atoms with Gasteiger partial charge in [-0.2, -0.15) is 0 Å². The second-order valence-corrected chi connectivity index (χ2v) is 21.4. The van der Waals surface area contributed by atoms with E-state index in [4.69, 9.17) is 0 Å². The van der Waals surface area contributed by atoms with Crippen molar-refractivity contribution >= 4 is 58.7 Å². The Balaban J connectivity index is 1.18. The molecule has 10 rings (SSSR count). The average molecular weight is 1010 g/mol. The molecule has 0 aromatic heterocycles. The van der Waals surface area contributed by atoms with Crippen molar-refractivity contribution in [2.75, 3.05) is 0 Å². The number of hydrogen-bond acceptors (Lipinski definition) is 0. The van der Waals surface area contributed by atoms with Crippen LogP contribution in [-0.2, 0) is 0 Å².